The van der Waals surface area contributed by atoms with Crippen molar-refractivity contribution >= 4 is 0 Å². The summed E-state index contributed by atoms with van der Waals surface area (Å²) in [5.74, 6) is 0. The standard InChI is InChI=1S/C11H22N2/c1-10(2)6-7-12-8-9-13(3)11-4-5-11/h6,11-12H,4-5,7-9H2,1-3H3. The lowest BCUT2D eigenvalue weighted by molar-refractivity contribution is 0.324. The van der Waals surface area contributed by atoms with Gasteiger partial charge in [-0.05, 0) is 33.7 Å². The highest BCUT2D eigenvalue weighted by Crippen LogP contribution is 2.24. The topological polar surface area (TPSA) is 15.3 Å². The summed E-state index contributed by atoms with van der Waals surface area (Å²) in [5, 5.41) is 3.41. The minimum atomic E-state index is 0.894. The molecule has 0 bridgehead atoms. The number of nitrogens with one attached hydrogen (secondary N) is 1. The molecule has 1 N–H and O–H groups in total. The molecule has 13 heavy (non-hydrogen) atoms. The largest absolute Gasteiger partial charge is 0.312 e. The summed E-state index contributed by atoms with van der Waals surface area (Å²) in [7, 11) is 2.22. The monoisotopic (exact) mass is 182 g/mol. The predicted octanol–water partition coefficient (Wildman–Crippen LogP) is 1.64. The number of hydrogen-bond acceptors (Lipinski definition) is 2. The SMILES string of the molecule is CC(C)=CCNCCN(C)C1CC1. The third kappa shape index (κ3) is 5.06. The molecule has 0 saturated heterocycles. The second kappa shape index (κ2) is 5.40. The average molecular weight is 182 g/mol. The first-order valence-corrected chi connectivity index (χ1v) is 5.24. The van der Waals surface area contributed by atoms with E-state index < -0.39 is 0 Å². The smallest absolute Gasteiger partial charge is 0.0137 e. The molecule has 1 aliphatic carbocycles. The van der Waals surface area contributed by atoms with E-state index in [2.05, 4.69) is 37.2 Å². The Morgan fingerprint density at radius 1 is 1.46 bits per heavy atom. The van der Waals surface area contributed by atoms with Gasteiger partial charge in [-0.25, -0.2) is 0 Å². The zero-order valence-electron chi connectivity index (χ0n) is 9.14. The number of nitrogens with zero attached hydrogens (tertiary/aromatic N) is 1. The van der Waals surface area contributed by atoms with Crippen LogP contribution in [-0.4, -0.2) is 37.6 Å². The van der Waals surface area contributed by atoms with Crippen LogP contribution in [0.5, 0.6) is 0 Å². The first-order valence-electron chi connectivity index (χ1n) is 5.24. The van der Waals surface area contributed by atoms with E-state index in [1.54, 1.807) is 0 Å². The molecule has 2 nitrogen and oxygen atoms in total. The molecule has 0 heterocycles. The molecule has 1 aliphatic rings. The van der Waals surface area contributed by atoms with Crippen molar-refractivity contribution in [1.82, 2.24) is 10.2 Å². The van der Waals surface area contributed by atoms with Crippen LogP contribution in [0.25, 0.3) is 0 Å². The van der Waals surface area contributed by atoms with Crippen LogP contribution in [0.1, 0.15) is 26.7 Å². The zero-order chi connectivity index (χ0) is 9.68. The fourth-order valence-electron chi connectivity index (χ4n) is 1.33. The maximum atomic E-state index is 3.41. The lowest BCUT2D eigenvalue weighted by atomic mass is 10.3. The van der Waals surface area contributed by atoms with Crippen LogP contribution < -0.4 is 5.32 Å². The number of likely N-dealkylation sites (N-methyl/N-ethyl adjacent to an activating group) is 1. The molecule has 2 heteroatoms. The van der Waals surface area contributed by atoms with E-state index in [1.807, 2.05) is 0 Å². The van der Waals surface area contributed by atoms with Gasteiger partial charge < -0.3 is 10.2 Å². The van der Waals surface area contributed by atoms with Crippen LogP contribution in [0.2, 0.25) is 0 Å². The van der Waals surface area contributed by atoms with E-state index in [-0.39, 0.29) is 0 Å². The molecule has 0 radical (unpaired) electrons. The molecule has 1 rings (SSSR count). The van der Waals surface area contributed by atoms with E-state index in [9.17, 15) is 0 Å². The number of hydrogen-bond donors (Lipinski definition) is 1. The Bertz CT molecular complexity index is 167. The van der Waals surface area contributed by atoms with E-state index >= 15 is 0 Å². The van der Waals surface area contributed by atoms with Gasteiger partial charge in [0.05, 0.1) is 0 Å². The molecule has 0 aromatic carbocycles. The number of allylic oxidation sites excluding steroid dienone is 1. The third-order valence-electron chi connectivity index (χ3n) is 2.47. The second-order valence-corrected chi connectivity index (χ2v) is 4.20. The molecule has 0 unspecified atom stereocenters. The molecule has 0 aromatic rings. The summed E-state index contributed by atoms with van der Waals surface area (Å²) in [6.07, 6.45) is 5.05. The van der Waals surface area contributed by atoms with E-state index in [4.69, 9.17) is 0 Å². The second-order valence-electron chi connectivity index (χ2n) is 4.20. The first kappa shape index (κ1) is 10.7. The molecule has 0 spiro atoms. The van der Waals surface area contributed by atoms with Crippen LogP contribution in [0, 0.1) is 0 Å². The van der Waals surface area contributed by atoms with Crippen molar-refractivity contribution in [3.05, 3.63) is 11.6 Å². The summed E-state index contributed by atoms with van der Waals surface area (Å²) < 4.78 is 0. The van der Waals surface area contributed by atoms with Crippen LogP contribution in [0.4, 0.5) is 0 Å². The third-order valence-corrected chi connectivity index (χ3v) is 2.47. The van der Waals surface area contributed by atoms with Crippen molar-refractivity contribution < 1.29 is 0 Å². The van der Waals surface area contributed by atoms with Crippen LogP contribution in [-0.2, 0) is 0 Å². The quantitative estimate of drug-likeness (QED) is 0.496. The van der Waals surface area contributed by atoms with Gasteiger partial charge in [-0.15, -0.1) is 0 Å². The fourth-order valence-corrected chi connectivity index (χ4v) is 1.33. The van der Waals surface area contributed by atoms with Gasteiger partial charge in [0.1, 0.15) is 0 Å². The summed E-state index contributed by atoms with van der Waals surface area (Å²) in [4.78, 5) is 2.45. The summed E-state index contributed by atoms with van der Waals surface area (Å²) in [5.41, 5.74) is 1.39. The van der Waals surface area contributed by atoms with Crippen LogP contribution in [0.15, 0.2) is 11.6 Å². The minimum Gasteiger partial charge on any atom is -0.312 e. The summed E-state index contributed by atoms with van der Waals surface area (Å²) in [6, 6.07) is 0.894. The van der Waals surface area contributed by atoms with E-state index in [0.29, 0.717) is 0 Å². The average Bonchev–Trinajstić information content (AvgIpc) is 2.85. The molecule has 0 atom stereocenters. The molecule has 0 amide bonds. The Morgan fingerprint density at radius 3 is 2.69 bits per heavy atom. The minimum absolute atomic E-state index is 0.894. The van der Waals surface area contributed by atoms with Crippen molar-refractivity contribution in [3.63, 3.8) is 0 Å². The van der Waals surface area contributed by atoms with E-state index in [0.717, 1.165) is 19.1 Å². The summed E-state index contributed by atoms with van der Waals surface area (Å²) >= 11 is 0. The van der Waals surface area contributed by atoms with Crippen molar-refractivity contribution in [2.24, 2.45) is 0 Å². The Labute approximate surface area is 82.0 Å². The van der Waals surface area contributed by atoms with Gasteiger partial charge in [0.15, 0.2) is 0 Å². The molecule has 1 saturated carbocycles. The zero-order valence-corrected chi connectivity index (χ0v) is 9.14. The lowest BCUT2D eigenvalue weighted by Gasteiger charge is -2.15. The Balaban J connectivity index is 1.91. The van der Waals surface area contributed by atoms with Crippen molar-refractivity contribution in [2.45, 2.75) is 32.7 Å². The molecular formula is C11H22N2. The molecule has 0 aliphatic heterocycles. The maximum Gasteiger partial charge on any atom is 0.0137 e. The van der Waals surface area contributed by atoms with Gasteiger partial charge >= 0.3 is 0 Å². The number of rotatable bonds is 6. The molecule has 1 fully saturated rings. The van der Waals surface area contributed by atoms with Gasteiger partial charge in [-0.1, -0.05) is 11.6 Å². The highest BCUT2D eigenvalue weighted by atomic mass is 15.2. The van der Waals surface area contributed by atoms with Gasteiger partial charge in [-0.3, -0.25) is 0 Å². The molecule has 0 aromatic heterocycles. The normalized spacial score (nSPS) is 16.3. The van der Waals surface area contributed by atoms with Crippen LogP contribution >= 0.6 is 0 Å². The van der Waals surface area contributed by atoms with Crippen LogP contribution in [0.3, 0.4) is 0 Å². The molecule has 76 valence electrons. The van der Waals surface area contributed by atoms with Gasteiger partial charge in [0.2, 0.25) is 0 Å². The highest BCUT2D eigenvalue weighted by molar-refractivity contribution is 4.94. The highest BCUT2D eigenvalue weighted by Gasteiger charge is 2.25. The van der Waals surface area contributed by atoms with Crippen molar-refractivity contribution in [2.75, 3.05) is 26.7 Å². The van der Waals surface area contributed by atoms with E-state index in [1.165, 1.54) is 25.0 Å². The van der Waals surface area contributed by atoms with Gasteiger partial charge in [-0.2, -0.15) is 0 Å². The summed E-state index contributed by atoms with van der Waals surface area (Å²) in [6.45, 7) is 7.58. The Kier molecular flexibility index (Phi) is 4.46. The fraction of sp³-hybridized carbons (Fsp3) is 0.818. The first-order chi connectivity index (χ1) is 6.20. The molecular weight excluding hydrogens is 160 g/mol. The predicted molar refractivity (Wildman–Crippen MR) is 58.0 cm³/mol. The maximum absolute atomic E-state index is 3.41. The van der Waals surface area contributed by atoms with Crippen molar-refractivity contribution in [3.8, 4) is 0 Å². The van der Waals surface area contributed by atoms with Gasteiger partial charge in [0, 0.05) is 25.7 Å². The van der Waals surface area contributed by atoms with Gasteiger partial charge in [0.25, 0.3) is 0 Å². The van der Waals surface area contributed by atoms with Crippen molar-refractivity contribution in [1.29, 1.82) is 0 Å². The Hall–Kier alpha value is -0.340. The Morgan fingerprint density at radius 2 is 2.15 bits per heavy atom. The lowest BCUT2D eigenvalue weighted by Crippen LogP contribution is -2.30.